The van der Waals surface area contributed by atoms with Crippen LogP contribution in [0.3, 0.4) is 0 Å². The van der Waals surface area contributed by atoms with Crippen molar-refractivity contribution in [2.45, 2.75) is 39.5 Å². The van der Waals surface area contributed by atoms with Crippen LogP contribution in [0.15, 0.2) is 22.2 Å². The number of halogens is 1. The van der Waals surface area contributed by atoms with E-state index in [-0.39, 0.29) is 12.2 Å². The Bertz CT molecular complexity index is 1130. The van der Waals surface area contributed by atoms with Crippen molar-refractivity contribution in [2.75, 3.05) is 25.6 Å². The molecule has 1 aliphatic carbocycles. The molecular formula is C24H25BrN2O5S. The van der Waals surface area contributed by atoms with E-state index in [1.807, 2.05) is 13.0 Å². The molecular weight excluding hydrogens is 508 g/mol. The number of thiophene rings is 1. The van der Waals surface area contributed by atoms with Gasteiger partial charge in [0, 0.05) is 4.88 Å². The number of esters is 1. The molecule has 9 heteroatoms. The van der Waals surface area contributed by atoms with Gasteiger partial charge in [-0.25, -0.2) is 4.79 Å². The second-order valence-corrected chi connectivity index (χ2v) is 9.19. The first-order valence-electron chi connectivity index (χ1n) is 10.7. The van der Waals surface area contributed by atoms with E-state index in [4.69, 9.17) is 14.2 Å². The molecule has 33 heavy (non-hydrogen) atoms. The van der Waals surface area contributed by atoms with Crippen LogP contribution in [0.2, 0.25) is 0 Å². The fourth-order valence-electron chi connectivity index (χ4n) is 3.69. The van der Waals surface area contributed by atoms with Gasteiger partial charge in [-0.05, 0) is 84.8 Å². The molecule has 2 aromatic rings. The molecule has 0 radical (unpaired) electrons. The second kappa shape index (κ2) is 11.3. The number of fused-ring (bicyclic) bond motifs is 1. The van der Waals surface area contributed by atoms with Gasteiger partial charge in [0.25, 0.3) is 5.91 Å². The standard InChI is InChI=1S/C24H25BrN2O5S/c1-4-31-18-12-14(11-17(25)21(18)30-3)10-15(13-26)22(28)27-23-20(24(29)32-5-2)16-8-6-7-9-19(16)33-23/h10-12H,4-9H2,1-3H3,(H,27,28)/b15-10+. The van der Waals surface area contributed by atoms with Gasteiger partial charge in [-0.15, -0.1) is 11.3 Å². The molecule has 0 saturated carbocycles. The first-order chi connectivity index (χ1) is 15.9. The topological polar surface area (TPSA) is 97.7 Å². The number of hydrogen-bond donors (Lipinski definition) is 1. The van der Waals surface area contributed by atoms with Gasteiger partial charge < -0.3 is 19.5 Å². The number of ether oxygens (including phenoxy) is 3. The number of methoxy groups -OCH3 is 1. The van der Waals surface area contributed by atoms with Crippen molar-refractivity contribution < 1.29 is 23.8 Å². The lowest BCUT2D eigenvalue weighted by Gasteiger charge is -2.12. The number of benzene rings is 1. The summed E-state index contributed by atoms with van der Waals surface area (Å²) < 4.78 is 16.8. The van der Waals surface area contributed by atoms with Crippen LogP contribution in [-0.4, -0.2) is 32.2 Å². The van der Waals surface area contributed by atoms with Crippen molar-refractivity contribution in [1.29, 1.82) is 5.26 Å². The highest BCUT2D eigenvalue weighted by Gasteiger charge is 2.28. The van der Waals surface area contributed by atoms with Crippen molar-refractivity contribution >= 4 is 50.2 Å². The number of aryl methyl sites for hydroxylation is 1. The Morgan fingerprint density at radius 1 is 1.24 bits per heavy atom. The molecule has 0 aliphatic heterocycles. The van der Waals surface area contributed by atoms with E-state index in [0.29, 0.717) is 38.7 Å². The van der Waals surface area contributed by atoms with Gasteiger partial charge >= 0.3 is 5.97 Å². The molecule has 0 atom stereocenters. The van der Waals surface area contributed by atoms with Crippen LogP contribution in [0.1, 0.15) is 53.1 Å². The Hall–Kier alpha value is -2.83. The third-order valence-electron chi connectivity index (χ3n) is 5.09. The van der Waals surface area contributed by atoms with E-state index < -0.39 is 11.9 Å². The number of hydrogen-bond acceptors (Lipinski definition) is 7. The van der Waals surface area contributed by atoms with Crippen LogP contribution >= 0.6 is 27.3 Å². The van der Waals surface area contributed by atoms with Crippen LogP contribution in [-0.2, 0) is 22.4 Å². The van der Waals surface area contributed by atoms with Crippen LogP contribution in [0, 0.1) is 11.3 Å². The maximum atomic E-state index is 13.0. The lowest BCUT2D eigenvalue weighted by molar-refractivity contribution is -0.112. The van der Waals surface area contributed by atoms with Gasteiger partial charge in [-0.2, -0.15) is 5.26 Å². The van der Waals surface area contributed by atoms with Crippen molar-refractivity contribution in [3.8, 4) is 17.6 Å². The molecule has 0 saturated heterocycles. The van der Waals surface area contributed by atoms with Crippen molar-refractivity contribution in [2.24, 2.45) is 0 Å². The van der Waals surface area contributed by atoms with Gasteiger partial charge in [0.05, 0.1) is 30.4 Å². The molecule has 1 aliphatic rings. The van der Waals surface area contributed by atoms with Crippen LogP contribution in [0.25, 0.3) is 6.08 Å². The maximum Gasteiger partial charge on any atom is 0.341 e. The van der Waals surface area contributed by atoms with E-state index in [1.54, 1.807) is 19.1 Å². The predicted octanol–water partition coefficient (Wildman–Crippen LogP) is 5.52. The minimum atomic E-state index is -0.591. The van der Waals surface area contributed by atoms with Crippen LogP contribution in [0.4, 0.5) is 5.00 Å². The Labute approximate surface area is 205 Å². The highest BCUT2D eigenvalue weighted by atomic mass is 79.9. The molecule has 0 fully saturated rings. The van der Waals surface area contributed by atoms with E-state index in [1.165, 1.54) is 24.5 Å². The average molecular weight is 533 g/mol. The summed E-state index contributed by atoms with van der Waals surface area (Å²) in [5, 5.41) is 12.9. The normalized spacial score (nSPS) is 13.0. The summed E-state index contributed by atoms with van der Waals surface area (Å²) in [4.78, 5) is 26.7. The smallest absolute Gasteiger partial charge is 0.341 e. The second-order valence-electron chi connectivity index (χ2n) is 7.23. The summed E-state index contributed by atoms with van der Waals surface area (Å²) >= 11 is 4.82. The SMILES string of the molecule is CCOC(=O)c1c(NC(=O)/C(C#N)=C/c2cc(Br)c(OC)c(OCC)c2)sc2c1CCCC2. The van der Waals surface area contributed by atoms with E-state index >= 15 is 0 Å². The zero-order valence-corrected chi connectivity index (χ0v) is 21.2. The molecule has 1 heterocycles. The van der Waals surface area contributed by atoms with E-state index in [9.17, 15) is 14.9 Å². The number of nitrogens with one attached hydrogen (secondary N) is 1. The Balaban J connectivity index is 1.94. The summed E-state index contributed by atoms with van der Waals surface area (Å²) in [5.41, 5.74) is 1.85. The summed E-state index contributed by atoms with van der Waals surface area (Å²) in [6, 6.07) is 5.39. The average Bonchev–Trinajstić information content (AvgIpc) is 3.15. The lowest BCUT2D eigenvalue weighted by atomic mass is 9.95. The van der Waals surface area contributed by atoms with Crippen LogP contribution < -0.4 is 14.8 Å². The molecule has 0 bridgehead atoms. The van der Waals surface area contributed by atoms with E-state index in [2.05, 4.69) is 21.2 Å². The third-order valence-corrected chi connectivity index (χ3v) is 6.89. The van der Waals surface area contributed by atoms with Gasteiger partial charge in [0.2, 0.25) is 0 Å². The lowest BCUT2D eigenvalue weighted by Crippen LogP contribution is -2.16. The zero-order valence-electron chi connectivity index (χ0n) is 18.7. The van der Waals surface area contributed by atoms with Gasteiger partial charge in [0.1, 0.15) is 16.6 Å². The fourth-order valence-corrected chi connectivity index (χ4v) is 5.59. The Morgan fingerprint density at radius 3 is 2.67 bits per heavy atom. The fraction of sp³-hybridized carbons (Fsp3) is 0.375. The molecule has 7 nitrogen and oxygen atoms in total. The number of nitrogens with zero attached hydrogens (tertiary/aromatic N) is 1. The molecule has 1 aromatic carbocycles. The predicted molar refractivity (Wildman–Crippen MR) is 131 cm³/mol. The number of nitriles is 1. The van der Waals surface area contributed by atoms with E-state index in [0.717, 1.165) is 36.1 Å². The number of anilines is 1. The number of carbonyl (C=O) groups excluding carboxylic acids is 2. The minimum absolute atomic E-state index is 0.101. The molecule has 0 unspecified atom stereocenters. The summed E-state index contributed by atoms with van der Waals surface area (Å²) in [6.45, 7) is 4.27. The summed E-state index contributed by atoms with van der Waals surface area (Å²) in [7, 11) is 1.54. The zero-order chi connectivity index (χ0) is 24.0. The molecule has 1 N–H and O–H groups in total. The van der Waals surface area contributed by atoms with Crippen molar-refractivity contribution in [3.63, 3.8) is 0 Å². The first-order valence-corrected chi connectivity index (χ1v) is 12.3. The Morgan fingerprint density at radius 2 is 2.00 bits per heavy atom. The highest BCUT2D eigenvalue weighted by Crippen LogP contribution is 2.39. The minimum Gasteiger partial charge on any atom is -0.492 e. The molecule has 0 spiro atoms. The monoisotopic (exact) mass is 532 g/mol. The van der Waals surface area contributed by atoms with Crippen LogP contribution in [0.5, 0.6) is 11.5 Å². The van der Waals surface area contributed by atoms with Crippen molar-refractivity contribution in [1.82, 2.24) is 0 Å². The van der Waals surface area contributed by atoms with Gasteiger partial charge in [-0.3, -0.25) is 4.79 Å². The highest BCUT2D eigenvalue weighted by molar-refractivity contribution is 9.10. The summed E-state index contributed by atoms with van der Waals surface area (Å²) in [5.74, 6) is -0.0178. The quantitative estimate of drug-likeness (QED) is 0.273. The largest absolute Gasteiger partial charge is 0.492 e. The summed E-state index contributed by atoms with van der Waals surface area (Å²) in [6.07, 6.45) is 5.14. The first kappa shape index (κ1) is 24.8. The molecule has 174 valence electrons. The maximum absolute atomic E-state index is 13.0. The van der Waals surface area contributed by atoms with Crippen molar-refractivity contribution in [3.05, 3.63) is 43.7 Å². The molecule has 1 amide bonds. The molecule has 1 aromatic heterocycles. The van der Waals surface area contributed by atoms with Gasteiger partial charge in [0.15, 0.2) is 11.5 Å². The molecule has 3 rings (SSSR count). The van der Waals surface area contributed by atoms with Gasteiger partial charge in [-0.1, -0.05) is 0 Å². The number of amides is 1. The Kier molecular flexibility index (Phi) is 8.53. The third kappa shape index (κ3) is 5.57. The number of carbonyl (C=O) groups is 2. The number of rotatable bonds is 8.